The van der Waals surface area contributed by atoms with Crippen LogP contribution in [-0.4, -0.2) is 25.5 Å². The van der Waals surface area contributed by atoms with Gasteiger partial charge in [0, 0.05) is 34.4 Å². The molecule has 0 aliphatic carbocycles. The molecular weight excluding hydrogens is 394 g/mol. The molecule has 28 heavy (non-hydrogen) atoms. The quantitative estimate of drug-likeness (QED) is 0.623. The summed E-state index contributed by atoms with van der Waals surface area (Å²) in [6, 6.07) is 11.2. The zero-order chi connectivity index (χ0) is 19.7. The molecular formula is C20H18ClN5OS. The number of nitrogens with one attached hydrogen (secondary N) is 1. The Bertz CT molecular complexity index is 1060. The predicted octanol–water partition coefficient (Wildman–Crippen LogP) is 4.50. The average Bonchev–Trinajstić information content (AvgIpc) is 3.09. The number of benzene rings is 1. The van der Waals surface area contributed by atoms with E-state index in [1.807, 2.05) is 43.3 Å². The Kier molecular flexibility index (Phi) is 5.19. The number of allylic oxidation sites excluding steroid dienone is 2. The second-order valence-corrected chi connectivity index (χ2v) is 7.80. The normalized spacial score (nSPS) is 15.9. The average molecular weight is 412 g/mol. The molecule has 6 nitrogen and oxygen atoms in total. The molecule has 0 fully saturated rings. The van der Waals surface area contributed by atoms with Crippen LogP contribution in [0.4, 0.5) is 5.95 Å². The lowest BCUT2D eigenvalue weighted by atomic mass is 9.94. The van der Waals surface area contributed by atoms with Gasteiger partial charge < -0.3 is 5.32 Å². The second kappa shape index (κ2) is 7.77. The highest BCUT2D eigenvalue weighted by Crippen LogP contribution is 2.36. The van der Waals surface area contributed by atoms with Gasteiger partial charge in [0.05, 0.1) is 0 Å². The Morgan fingerprint density at radius 3 is 2.82 bits per heavy atom. The Hall–Kier alpha value is -2.64. The molecule has 3 aromatic rings. The fourth-order valence-electron chi connectivity index (χ4n) is 3.25. The van der Waals surface area contributed by atoms with Crippen LogP contribution in [0.3, 0.4) is 0 Å². The number of nitrogens with zero attached hydrogens (tertiary/aromatic N) is 4. The molecule has 1 aliphatic rings. The summed E-state index contributed by atoms with van der Waals surface area (Å²) in [6.07, 6.45) is 3.47. The van der Waals surface area contributed by atoms with Gasteiger partial charge in [-0.2, -0.15) is 4.98 Å². The Balaban J connectivity index is 1.68. The number of carbonyl (C=O) groups is 1. The first kappa shape index (κ1) is 18.7. The van der Waals surface area contributed by atoms with E-state index in [-0.39, 0.29) is 11.8 Å². The number of halogens is 1. The third-order valence-corrected chi connectivity index (χ3v) is 5.78. The van der Waals surface area contributed by atoms with E-state index in [0.29, 0.717) is 22.4 Å². The number of pyridine rings is 1. The van der Waals surface area contributed by atoms with E-state index < -0.39 is 0 Å². The molecule has 0 spiro atoms. The Morgan fingerprint density at radius 2 is 2.11 bits per heavy atom. The molecule has 8 heteroatoms. The van der Waals surface area contributed by atoms with Gasteiger partial charge in [-0.05, 0) is 37.1 Å². The highest BCUT2D eigenvalue weighted by molar-refractivity contribution is 7.98. The van der Waals surface area contributed by atoms with Crippen molar-refractivity contribution in [1.82, 2.24) is 19.7 Å². The van der Waals surface area contributed by atoms with E-state index in [9.17, 15) is 4.79 Å². The van der Waals surface area contributed by atoms with Gasteiger partial charge in [-0.15, -0.1) is 5.10 Å². The maximum absolute atomic E-state index is 12.4. The minimum atomic E-state index is -0.357. The summed E-state index contributed by atoms with van der Waals surface area (Å²) >= 11 is 7.75. The maximum atomic E-state index is 12.4. The monoisotopic (exact) mass is 411 g/mol. The van der Waals surface area contributed by atoms with Gasteiger partial charge in [0.15, 0.2) is 5.78 Å². The molecule has 1 N–H and O–H groups in total. The summed E-state index contributed by atoms with van der Waals surface area (Å²) < 4.78 is 1.76. The minimum absolute atomic E-state index is 0.00901. The summed E-state index contributed by atoms with van der Waals surface area (Å²) in [6.45, 7) is 3.45. The molecule has 1 aromatic carbocycles. The van der Waals surface area contributed by atoms with Crippen LogP contribution in [0.2, 0.25) is 5.02 Å². The molecule has 3 heterocycles. The number of anilines is 1. The molecule has 2 aromatic heterocycles. The smallest absolute Gasteiger partial charge is 0.227 e. The SMILES string of the molecule is CC(=O)C1=C(C)Nc2nc(SCc3ccccc3Cl)nn2C1c1cccnc1. The van der Waals surface area contributed by atoms with E-state index in [2.05, 4.69) is 20.4 Å². The number of ketones is 1. The molecule has 0 bridgehead atoms. The molecule has 0 saturated heterocycles. The lowest BCUT2D eigenvalue weighted by molar-refractivity contribution is -0.114. The number of Topliss-reactive ketones (excluding diaryl/α,β-unsaturated/α-hetero) is 1. The number of aromatic nitrogens is 4. The van der Waals surface area contributed by atoms with Crippen molar-refractivity contribution in [2.45, 2.75) is 30.8 Å². The first-order valence-corrected chi connectivity index (χ1v) is 10.1. The van der Waals surface area contributed by atoms with E-state index >= 15 is 0 Å². The van der Waals surface area contributed by atoms with Crippen molar-refractivity contribution < 1.29 is 4.79 Å². The van der Waals surface area contributed by atoms with Crippen molar-refractivity contribution in [1.29, 1.82) is 0 Å². The third-order valence-electron chi connectivity index (χ3n) is 4.53. The topological polar surface area (TPSA) is 72.7 Å². The highest BCUT2D eigenvalue weighted by Gasteiger charge is 2.32. The first-order chi connectivity index (χ1) is 13.5. The molecule has 1 unspecified atom stereocenters. The van der Waals surface area contributed by atoms with Crippen LogP contribution in [0.1, 0.15) is 31.0 Å². The Labute approximate surface area is 172 Å². The van der Waals surface area contributed by atoms with E-state index in [4.69, 9.17) is 11.6 Å². The predicted molar refractivity (Wildman–Crippen MR) is 110 cm³/mol. The van der Waals surface area contributed by atoms with Gasteiger partial charge in [-0.25, -0.2) is 4.68 Å². The van der Waals surface area contributed by atoms with Gasteiger partial charge in [0.1, 0.15) is 6.04 Å². The van der Waals surface area contributed by atoms with Crippen molar-refractivity contribution in [3.63, 3.8) is 0 Å². The number of carbonyl (C=O) groups excluding carboxylic acids is 1. The van der Waals surface area contributed by atoms with Crippen molar-refractivity contribution in [3.05, 3.63) is 76.2 Å². The van der Waals surface area contributed by atoms with Crippen molar-refractivity contribution >= 4 is 35.1 Å². The molecule has 0 radical (unpaired) electrons. The van der Waals surface area contributed by atoms with E-state index in [0.717, 1.165) is 21.8 Å². The van der Waals surface area contributed by atoms with Crippen LogP contribution in [0, 0.1) is 0 Å². The highest BCUT2D eigenvalue weighted by atomic mass is 35.5. The van der Waals surface area contributed by atoms with Crippen molar-refractivity contribution in [3.8, 4) is 0 Å². The largest absolute Gasteiger partial charge is 0.328 e. The molecule has 1 aliphatic heterocycles. The maximum Gasteiger partial charge on any atom is 0.227 e. The number of hydrogen-bond donors (Lipinski definition) is 1. The zero-order valence-corrected chi connectivity index (χ0v) is 17.0. The molecule has 142 valence electrons. The van der Waals surface area contributed by atoms with Gasteiger partial charge in [0.2, 0.25) is 11.1 Å². The first-order valence-electron chi connectivity index (χ1n) is 8.76. The van der Waals surface area contributed by atoms with Crippen LogP contribution >= 0.6 is 23.4 Å². The van der Waals surface area contributed by atoms with Gasteiger partial charge in [-0.1, -0.05) is 47.6 Å². The minimum Gasteiger partial charge on any atom is -0.328 e. The lowest BCUT2D eigenvalue weighted by Crippen LogP contribution is -2.27. The van der Waals surface area contributed by atoms with Crippen LogP contribution in [0.25, 0.3) is 0 Å². The van der Waals surface area contributed by atoms with Gasteiger partial charge >= 0.3 is 0 Å². The van der Waals surface area contributed by atoms with Crippen LogP contribution < -0.4 is 5.32 Å². The number of thioether (sulfide) groups is 1. The summed E-state index contributed by atoms with van der Waals surface area (Å²) in [5.74, 6) is 1.26. The Morgan fingerprint density at radius 1 is 1.29 bits per heavy atom. The fourth-order valence-corrected chi connectivity index (χ4v) is 4.37. The van der Waals surface area contributed by atoms with Crippen molar-refractivity contribution in [2.24, 2.45) is 0 Å². The van der Waals surface area contributed by atoms with Gasteiger partial charge in [-0.3, -0.25) is 9.78 Å². The van der Waals surface area contributed by atoms with Gasteiger partial charge in [0.25, 0.3) is 0 Å². The summed E-state index contributed by atoms with van der Waals surface area (Å²) in [5, 5.41) is 9.22. The number of fused-ring (bicyclic) bond motifs is 1. The summed E-state index contributed by atoms with van der Waals surface area (Å²) in [4.78, 5) is 21.2. The number of rotatable bonds is 5. The standard InChI is InChI=1S/C20H18ClN5OS/c1-12-17(13(2)27)18(14-7-5-9-22-10-14)26-19(23-12)24-20(25-26)28-11-15-6-3-4-8-16(15)21/h3-10,18H,11H2,1-2H3,(H,23,24,25). The molecule has 0 amide bonds. The molecule has 4 rings (SSSR count). The lowest BCUT2D eigenvalue weighted by Gasteiger charge is -2.27. The van der Waals surface area contributed by atoms with Crippen LogP contribution in [0.5, 0.6) is 0 Å². The van der Waals surface area contributed by atoms with Crippen molar-refractivity contribution in [2.75, 3.05) is 5.32 Å². The van der Waals surface area contributed by atoms with Crippen LogP contribution in [0.15, 0.2) is 65.2 Å². The third kappa shape index (κ3) is 3.55. The van der Waals surface area contributed by atoms with E-state index in [1.54, 1.807) is 24.0 Å². The molecule has 0 saturated carbocycles. The van der Waals surface area contributed by atoms with E-state index in [1.165, 1.54) is 11.8 Å². The zero-order valence-electron chi connectivity index (χ0n) is 15.4. The second-order valence-electron chi connectivity index (χ2n) is 6.45. The number of hydrogen-bond acceptors (Lipinski definition) is 6. The summed E-state index contributed by atoms with van der Waals surface area (Å²) in [5.41, 5.74) is 3.36. The fraction of sp³-hybridized carbons (Fsp3) is 0.200. The van der Waals surface area contributed by atoms with Crippen LogP contribution in [-0.2, 0) is 10.5 Å². The summed E-state index contributed by atoms with van der Waals surface area (Å²) in [7, 11) is 0. The molecule has 1 atom stereocenters.